The highest BCUT2D eigenvalue weighted by molar-refractivity contribution is 5.86. The molecule has 0 radical (unpaired) electrons. The molecule has 1 aliphatic carbocycles. The number of methoxy groups -OCH3 is 3. The number of amides is 2. The Balaban J connectivity index is 2.18. The normalized spacial score (nSPS) is 14.6. The molecule has 0 heterocycles. The molecular weight excluding hydrogens is 530 g/mol. The van der Waals surface area contributed by atoms with E-state index in [1.54, 1.807) is 19.2 Å². The minimum atomic E-state index is -1.02. The van der Waals surface area contributed by atoms with Crippen LogP contribution in [0.25, 0.3) is 11.1 Å². The van der Waals surface area contributed by atoms with Crippen molar-refractivity contribution >= 4 is 23.5 Å². The molecule has 2 aromatic carbocycles. The summed E-state index contributed by atoms with van der Waals surface area (Å²) in [5, 5.41) is 17.6. The summed E-state index contributed by atoms with van der Waals surface area (Å²) in [5.74, 6) is -0.190. The van der Waals surface area contributed by atoms with Gasteiger partial charge in [-0.15, -0.1) is 0 Å². The zero-order chi connectivity index (χ0) is 30.3. The topological polar surface area (TPSA) is 152 Å². The average molecular weight is 570 g/mol. The number of rotatable bonds is 12. The van der Waals surface area contributed by atoms with Crippen LogP contribution in [0, 0.1) is 5.92 Å². The zero-order valence-electron chi connectivity index (χ0n) is 24.4. The van der Waals surface area contributed by atoms with Crippen LogP contribution in [-0.2, 0) is 20.8 Å². The van der Waals surface area contributed by atoms with Crippen LogP contribution in [0.5, 0.6) is 17.2 Å². The number of fused-ring (bicyclic) bond motifs is 3. The van der Waals surface area contributed by atoms with Crippen LogP contribution >= 0.6 is 0 Å². The molecule has 11 heteroatoms. The maximum Gasteiger partial charge on any atom is 0.305 e. The van der Waals surface area contributed by atoms with Crippen molar-refractivity contribution in [2.45, 2.75) is 58.5 Å². The lowest BCUT2D eigenvalue weighted by Crippen LogP contribution is -2.42. The van der Waals surface area contributed by atoms with Crippen LogP contribution in [-0.4, -0.2) is 56.8 Å². The van der Waals surface area contributed by atoms with Crippen molar-refractivity contribution in [3.05, 3.63) is 45.6 Å². The second kappa shape index (κ2) is 13.9. The first kappa shape index (κ1) is 31.3. The van der Waals surface area contributed by atoms with Crippen molar-refractivity contribution in [1.82, 2.24) is 10.6 Å². The molecule has 11 nitrogen and oxygen atoms in total. The van der Waals surface area contributed by atoms with Crippen molar-refractivity contribution in [2.75, 3.05) is 33.2 Å². The predicted molar refractivity (Wildman–Crippen MR) is 155 cm³/mol. The molecule has 0 fully saturated rings. The highest BCUT2D eigenvalue weighted by Crippen LogP contribution is 2.50. The summed E-state index contributed by atoms with van der Waals surface area (Å²) in [7, 11) is 4.59. The van der Waals surface area contributed by atoms with Gasteiger partial charge in [0.25, 0.3) is 0 Å². The van der Waals surface area contributed by atoms with E-state index < -0.39 is 24.0 Å². The Morgan fingerprint density at radius 1 is 1.05 bits per heavy atom. The molecule has 1 aliphatic rings. The molecule has 222 valence electrons. The van der Waals surface area contributed by atoms with E-state index >= 15 is 0 Å². The van der Waals surface area contributed by atoms with Crippen LogP contribution in [0.15, 0.2) is 29.1 Å². The van der Waals surface area contributed by atoms with Gasteiger partial charge in [-0.25, -0.2) is 0 Å². The molecule has 41 heavy (non-hydrogen) atoms. The van der Waals surface area contributed by atoms with Gasteiger partial charge in [0.1, 0.15) is 6.04 Å². The Kier molecular flexibility index (Phi) is 10.6. The lowest BCUT2D eigenvalue weighted by atomic mass is 9.95. The number of aliphatic carboxylic acids is 1. The van der Waals surface area contributed by atoms with Gasteiger partial charge in [0.15, 0.2) is 11.5 Å². The lowest BCUT2D eigenvalue weighted by molar-refractivity contribution is -0.137. The molecule has 3 rings (SSSR count). The summed E-state index contributed by atoms with van der Waals surface area (Å²) in [6, 6.07) is 5.53. The van der Waals surface area contributed by atoms with Gasteiger partial charge >= 0.3 is 5.97 Å². The summed E-state index contributed by atoms with van der Waals surface area (Å²) in [6.07, 6.45) is 1.30. The molecule has 0 unspecified atom stereocenters. The molecule has 2 amide bonds. The van der Waals surface area contributed by atoms with Crippen molar-refractivity contribution in [3.63, 3.8) is 0 Å². The molecule has 4 N–H and O–H groups in total. The summed E-state index contributed by atoms with van der Waals surface area (Å²) in [6.45, 7) is 5.31. The maximum atomic E-state index is 13.6. The number of carboxylic acids is 1. The summed E-state index contributed by atoms with van der Waals surface area (Å²) >= 11 is 0. The van der Waals surface area contributed by atoms with E-state index in [2.05, 4.69) is 16.0 Å². The molecule has 2 atom stereocenters. The van der Waals surface area contributed by atoms with E-state index in [-0.39, 0.29) is 35.9 Å². The van der Waals surface area contributed by atoms with E-state index in [9.17, 15) is 19.2 Å². The minimum Gasteiger partial charge on any atom is -0.493 e. The van der Waals surface area contributed by atoms with Gasteiger partial charge in [-0.2, -0.15) is 0 Å². The van der Waals surface area contributed by atoms with Gasteiger partial charge in [-0.05, 0) is 60.1 Å². The first-order chi connectivity index (χ1) is 19.5. The number of benzene rings is 1. The summed E-state index contributed by atoms with van der Waals surface area (Å²) < 4.78 is 17.0. The Morgan fingerprint density at radius 2 is 1.76 bits per heavy atom. The third kappa shape index (κ3) is 7.47. The Hall–Kier alpha value is -4.28. The number of aryl methyl sites for hydroxylation is 1. The third-order valence-electron chi connectivity index (χ3n) is 6.91. The van der Waals surface area contributed by atoms with E-state index in [0.29, 0.717) is 47.6 Å². The molecule has 0 aliphatic heterocycles. The summed E-state index contributed by atoms with van der Waals surface area (Å²) in [4.78, 5) is 49.6. The first-order valence-electron chi connectivity index (χ1n) is 13.5. The quantitative estimate of drug-likeness (QED) is 0.302. The van der Waals surface area contributed by atoms with E-state index in [4.69, 9.17) is 19.3 Å². The average Bonchev–Trinajstić information content (AvgIpc) is 3.15. The summed E-state index contributed by atoms with van der Waals surface area (Å²) in [5.41, 5.74) is 2.73. The molecular formula is C30H39N3O8. The van der Waals surface area contributed by atoms with E-state index in [1.165, 1.54) is 27.2 Å². The van der Waals surface area contributed by atoms with Crippen molar-refractivity contribution in [2.24, 2.45) is 5.92 Å². The number of hydrogen-bond acceptors (Lipinski definition) is 8. The molecule has 0 saturated carbocycles. The van der Waals surface area contributed by atoms with Gasteiger partial charge in [0.05, 0.1) is 39.5 Å². The van der Waals surface area contributed by atoms with Crippen molar-refractivity contribution in [3.8, 4) is 28.4 Å². The number of ether oxygens (including phenoxy) is 3. The van der Waals surface area contributed by atoms with Gasteiger partial charge < -0.3 is 35.3 Å². The molecule has 0 spiro atoms. The van der Waals surface area contributed by atoms with Gasteiger partial charge in [-0.3, -0.25) is 19.2 Å². The lowest BCUT2D eigenvalue weighted by Gasteiger charge is -2.20. The fraction of sp³-hybridized carbons (Fsp3) is 0.467. The number of carbonyl (C=O) groups is 3. The van der Waals surface area contributed by atoms with E-state index in [0.717, 1.165) is 11.1 Å². The molecule has 0 aromatic heterocycles. The van der Waals surface area contributed by atoms with Crippen LogP contribution in [0.4, 0.5) is 5.69 Å². The van der Waals surface area contributed by atoms with Crippen LogP contribution in [0.2, 0.25) is 0 Å². The fourth-order valence-corrected chi connectivity index (χ4v) is 5.13. The highest BCUT2D eigenvalue weighted by atomic mass is 16.5. The van der Waals surface area contributed by atoms with Crippen LogP contribution in [0.1, 0.15) is 57.2 Å². The molecule has 0 bridgehead atoms. The largest absolute Gasteiger partial charge is 0.493 e. The van der Waals surface area contributed by atoms with Crippen LogP contribution < -0.4 is 35.6 Å². The van der Waals surface area contributed by atoms with E-state index in [1.807, 2.05) is 19.9 Å². The zero-order valence-corrected chi connectivity index (χ0v) is 24.4. The Labute approximate surface area is 239 Å². The predicted octanol–water partition coefficient (Wildman–Crippen LogP) is 3.28. The Bertz CT molecular complexity index is 1360. The van der Waals surface area contributed by atoms with Crippen molar-refractivity contribution in [1.29, 1.82) is 0 Å². The standard InChI is InChI=1S/C30H39N3O8/c1-16(2)13-23(30(38)31-12-11-26(36)37)33-22-10-8-19-20(15-24(22)35)21(32-17(3)34)9-7-18-14-25(39-4)28(40-5)29(41-6)27(18)19/h8,10,14-16,21,23H,7,9,11-13H2,1-6H3,(H,31,38)(H,32,34)(H,33,35)(H,36,37)/t21-,23-/m0/s1. The second-order valence-corrected chi connectivity index (χ2v) is 10.4. The van der Waals surface area contributed by atoms with Crippen LogP contribution in [0.3, 0.4) is 0 Å². The smallest absolute Gasteiger partial charge is 0.305 e. The molecule has 0 saturated heterocycles. The maximum absolute atomic E-state index is 13.6. The van der Waals surface area contributed by atoms with Gasteiger partial charge in [0.2, 0.25) is 23.0 Å². The first-order valence-corrected chi connectivity index (χ1v) is 13.5. The highest BCUT2D eigenvalue weighted by Gasteiger charge is 2.30. The SMILES string of the molecule is COc1cc2c(c(OC)c1OC)-c1ccc(N[C@@H](CC(C)C)C(=O)NCCC(=O)O)c(=O)cc1[C@@H](NC(C)=O)CC2. The number of carboxylic acid groups (broad SMARTS) is 1. The molecule has 2 aromatic rings. The van der Waals surface area contributed by atoms with Gasteiger partial charge in [0, 0.05) is 19.0 Å². The number of carbonyl (C=O) groups excluding carboxylic acids is 2. The van der Waals surface area contributed by atoms with Crippen molar-refractivity contribution < 1.29 is 33.7 Å². The minimum absolute atomic E-state index is 0.0220. The fourth-order valence-electron chi connectivity index (χ4n) is 5.13. The Morgan fingerprint density at radius 3 is 2.34 bits per heavy atom. The number of nitrogens with one attached hydrogen (secondary N) is 3. The monoisotopic (exact) mass is 569 g/mol. The number of anilines is 1. The van der Waals surface area contributed by atoms with Gasteiger partial charge in [-0.1, -0.05) is 19.9 Å². The third-order valence-corrected chi connectivity index (χ3v) is 6.91. The second-order valence-electron chi connectivity index (χ2n) is 10.4. The number of hydrogen-bond donors (Lipinski definition) is 4.